The van der Waals surface area contributed by atoms with Crippen molar-refractivity contribution in [1.82, 2.24) is 8.75 Å². The van der Waals surface area contributed by atoms with Crippen LogP contribution in [0.25, 0.3) is 47.7 Å². The molecule has 0 aliphatic heterocycles. The van der Waals surface area contributed by atoms with Gasteiger partial charge in [0.05, 0.1) is 24.9 Å². The summed E-state index contributed by atoms with van der Waals surface area (Å²) in [6.07, 6.45) is 10.7. The fraction of sp³-hybridized carbons (Fsp3) is 0.250. The molecule has 11 heteroatoms. The number of thiophene rings is 2. The molecule has 300 valence electrons. The number of ether oxygens (including phenoxy) is 2. The van der Waals surface area contributed by atoms with Gasteiger partial charge in [-0.3, -0.25) is 0 Å². The lowest BCUT2D eigenvalue weighted by Crippen LogP contribution is -2.10. The minimum absolute atomic E-state index is 0.348. The van der Waals surface area contributed by atoms with Crippen LogP contribution < -0.4 is 14.4 Å². The van der Waals surface area contributed by atoms with E-state index >= 15 is 0 Å². The first-order valence-electron chi connectivity index (χ1n) is 20.1. The molecule has 1 N–H and O–H groups in total. The molecule has 0 saturated carbocycles. The van der Waals surface area contributed by atoms with Gasteiger partial charge in [-0.2, -0.15) is 14.0 Å². The number of anilines is 3. The van der Waals surface area contributed by atoms with Crippen molar-refractivity contribution in [1.29, 1.82) is 5.26 Å². The lowest BCUT2D eigenvalue weighted by Gasteiger charge is -2.26. The van der Waals surface area contributed by atoms with Crippen LogP contribution in [0.1, 0.15) is 70.8 Å². The van der Waals surface area contributed by atoms with Gasteiger partial charge in [0.1, 0.15) is 34.2 Å². The van der Waals surface area contributed by atoms with Gasteiger partial charge in [-0.25, -0.2) is 4.79 Å². The lowest BCUT2D eigenvalue weighted by molar-refractivity contribution is -0.132. The van der Waals surface area contributed by atoms with E-state index in [0.717, 1.165) is 92.1 Å². The number of carboxylic acid groups (broad SMARTS) is 1. The van der Waals surface area contributed by atoms with Gasteiger partial charge in [0, 0.05) is 47.7 Å². The topological polar surface area (TPSA) is 109 Å². The van der Waals surface area contributed by atoms with Crippen molar-refractivity contribution in [2.45, 2.75) is 65.2 Å². The van der Waals surface area contributed by atoms with Gasteiger partial charge < -0.3 is 19.5 Å². The maximum atomic E-state index is 11.5. The summed E-state index contributed by atoms with van der Waals surface area (Å²) in [5, 5.41) is 18.6. The Morgan fingerprint density at radius 3 is 1.69 bits per heavy atom. The standard InChI is InChI=1S/C48H46N4O4S3/c1-3-5-7-9-29-55-39-20-16-37(17-21-39)52(38-18-22-40(23-19-38)56-30-10-8-6-4-2)36-14-11-33(12-15-36)42-25-27-44(57-42)45-28-26-43(58-45)41-24-13-34(31-35(32-49)48(53)54)46-47(41)51-59-50-46/h11-28,31H,3-10,29-30H2,1-2H3,(H,53,54)/b35-31+. The quantitative estimate of drug-likeness (QED) is 0.0459. The van der Waals surface area contributed by atoms with Crippen LogP contribution in [0.3, 0.4) is 0 Å². The Bertz CT molecular complexity index is 2470. The number of fused-ring (bicyclic) bond motifs is 1. The summed E-state index contributed by atoms with van der Waals surface area (Å²) in [6.45, 7) is 5.90. The number of aliphatic carboxylic acids is 1. The molecule has 0 aliphatic carbocycles. The fourth-order valence-electron chi connectivity index (χ4n) is 6.78. The van der Waals surface area contributed by atoms with E-state index in [4.69, 9.17) is 9.47 Å². The van der Waals surface area contributed by atoms with Crippen LogP contribution in [0.4, 0.5) is 17.1 Å². The van der Waals surface area contributed by atoms with Gasteiger partial charge in [0.25, 0.3) is 0 Å². The second kappa shape index (κ2) is 20.3. The van der Waals surface area contributed by atoms with Crippen LogP contribution >= 0.6 is 34.4 Å². The highest BCUT2D eigenvalue weighted by molar-refractivity contribution is 7.25. The third-order valence-electron chi connectivity index (χ3n) is 9.95. The molecule has 0 saturated heterocycles. The second-order valence-electron chi connectivity index (χ2n) is 14.2. The summed E-state index contributed by atoms with van der Waals surface area (Å²) in [4.78, 5) is 18.2. The average molecular weight is 839 g/mol. The lowest BCUT2D eigenvalue weighted by atomic mass is 10.0. The molecule has 7 aromatic rings. The van der Waals surface area contributed by atoms with Crippen molar-refractivity contribution in [3.63, 3.8) is 0 Å². The van der Waals surface area contributed by atoms with E-state index in [-0.39, 0.29) is 5.57 Å². The van der Waals surface area contributed by atoms with Crippen molar-refractivity contribution < 1.29 is 19.4 Å². The second-order valence-corrected chi connectivity index (χ2v) is 16.9. The number of aromatic nitrogens is 2. The molecule has 3 aromatic heterocycles. The first kappa shape index (κ1) is 41.4. The van der Waals surface area contributed by atoms with Crippen molar-refractivity contribution in [2.24, 2.45) is 0 Å². The highest BCUT2D eigenvalue weighted by atomic mass is 32.1. The van der Waals surface area contributed by atoms with Crippen LogP contribution in [0.15, 0.2) is 115 Å². The third-order valence-corrected chi connectivity index (χ3v) is 12.9. The normalized spacial score (nSPS) is 11.4. The van der Waals surface area contributed by atoms with E-state index in [9.17, 15) is 15.2 Å². The average Bonchev–Trinajstić information content (AvgIpc) is 4.07. The number of carboxylic acids is 1. The Kier molecular flexibility index (Phi) is 14.2. The highest BCUT2D eigenvalue weighted by Gasteiger charge is 2.17. The summed E-state index contributed by atoms with van der Waals surface area (Å²) >= 11 is 4.49. The number of hydrogen-bond donors (Lipinski definition) is 1. The molecule has 0 unspecified atom stereocenters. The van der Waals surface area contributed by atoms with E-state index < -0.39 is 5.97 Å². The first-order chi connectivity index (χ1) is 28.9. The van der Waals surface area contributed by atoms with E-state index in [1.165, 1.54) is 49.5 Å². The molecule has 3 heterocycles. The Hall–Kier alpha value is -5.80. The summed E-state index contributed by atoms with van der Waals surface area (Å²) in [5.74, 6) is 0.486. The Labute approximate surface area is 358 Å². The molecule has 59 heavy (non-hydrogen) atoms. The Morgan fingerprint density at radius 2 is 1.15 bits per heavy atom. The molecule has 0 atom stereocenters. The monoisotopic (exact) mass is 838 g/mol. The smallest absolute Gasteiger partial charge is 0.346 e. The van der Waals surface area contributed by atoms with Crippen molar-refractivity contribution in [2.75, 3.05) is 18.1 Å². The van der Waals surface area contributed by atoms with Gasteiger partial charge in [0.15, 0.2) is 0 Å². The molecular weight excluding hydrogens is 793 g/mol. The molecule has 0 fully saturated rings. The van der Waals surface area contributed by atoms with Gasteiger partial charge >= 0.3 is 5.97 Å². The molecule has 7 rings (SSSR count). The molecule has 0 amide bonds. The molecule has 4 aromatic carbocycles. The summed E-state index contributed by atoms with van der Waals surface area (Å²) < 4.78 is 21.1. The summed E-state index contributed by atoms with van der Waals surface area (Å²) in [5.41, 5.74) is 6.65. The zero-order valence-electron chi connectivity index (χ0n) is 33.2. The predicted octanol–water partition coefficient (Wildman–Crippen LogP) is 14.2. The Morgan fingerprint density at radius 1 is 0.644 bits per heavy atom. The van der Waals surface area contributed by atoms with Crippen LogP contribution in [-0.4, -0.2) is 33.0 Å². The van der Waals surface area contributed by atoms with E-state index in [0.29, 0.717) is 16.6 Å². The SMILES string of the molecule is CCCCCCOc1ccc(N(c2ccc(OCCCCCC)cc2)c2ccc(-c3ccc(-c4ccc(-c5ccc(/C=C(\C#N)C(=O)O)c6nsnc56)s4)s3)cc2)cc1. The summed E-state index contributed by atoms with van der Waals surface area (Å²) in [7, 11) is 0. The molecule has 0 radical (unpaired) electrons. The molecule has 8 nitrogen and oxygen atoms in total. The van der Waals surface area contributed by atoms with Crippen LogP contribution in [0.2, 0.25) is 0 Å². The van der Waals surface area contributed by atoms with E-state index in [1.807, 2.05) is 6.07 Å². The van der Waals surface area contributed by atoms with E-state index in [2.05, 4.69) is 125 Å². The zero-order valence-corrected chi connectivity index (χ0v) is 35.7. The minimum Gasteiger partial charge on any atom is -0.494 e. The van der Waals surface area contributed by atoms with Gasteiger partial charge in [-0.05, 0) is 109 Å². The number of carbonyl (C=O) groups is 1. The maximum absolute atomic E-state index is 11.5. The molecule has 0 aliphatic rings. The highest BCUT2D eigenvalue weighted by Crippen LogP contribution is 2.43. The molecular formula is C48H46N4O4S3. The van der Waals surface area contributed by atoms with Crippen molar-refractivity contribution in [3.05, 3.63) is 120 Å². The predicted molar refractivity (Wildman–Crippen MR) is 245 cm³/mol. The fourth-order valence-corrected chi connectivity index (χ4v) is 9.50. The minimum atomic E-state index is -1.27. The van der Waals surface area contributed by atoms with Crippen LogP contribution in [0, 0.1) is 11.3 Å². The molecule has 0 spiro atoms. The first-order valence-corrected chi connectivity index (χ1v) is 22.5. The van der Waals surface area contributed by atoms with Crippen LogP contribution in [-0.2, 0) is 4.79 Å². The Balaban J connectivity index is 1.10. The number of rotatable bonds is 20. The van der Waals surface area contributed by atoms with Crippen LogP contribution in [0.5, 0.6) is 11.5 Å². The third kappa shape index (κ3) is 10.3. The number of nitriles is 1. The molecule has 0 bridgehead atoms. The van der Waals surface area contributed by atoms with Gasteiger partial charge in [-0.1, -0.05) is 76.6 Å². The zero-order chi connectivity index (χ0) is 41.0. The van der Waals surface area contributed by atoms with Crippen molar-refractivity contribution in [3.8, 4) is 48.2 Å². The maximum Gasteiger partial charge on any atom is 0.346 e. The summed E-state index contributed by atoms with van der Waals surface area (Å²) in [6, 6.07) is 39.5. The van der Waals surface area contributed by atoms with E-state index in [1.54, 1.807) is 34.8 Å². The number of hydrogen-bond acceptors (Lipinski definition) is 10. The largest absolute Gasteiger partial charge is 0.494 e. The van der Waals surface area contributed by atoms with Gasteiger partial charge in [0.2, 0.25) is 0 Å². The number of unbranched alkanes of at least 4 members (excludes halogenated alkanes) is 6. The van der Waals surface area contributed by atoms with Crippen molar-refractivity contribution >= 4 is 74.5 Å². The number of benzene rings is 4. The number of nitrogens with zero attached hydrogens (tertiary/aromatic N) is 4. The van der Waals surface area contributed by atoms with Gasteiger partial charge in [-0.15, -0.1) is 22.7 Å².